The number of fused-ring (bicyclic) bond motifs is 2. The monoisotopic (exact) mass is 303 g/mol. The molecule has 0 saturated carbocycles. The van der Waals surface area contributed by atoms with Crippen LogP contribution in [0.3, 0.4) is 0 Å². The summed E-state index contributed by atoms with van der Waals surface area (Å²) in [7, 11) is 0. The molecule has 3 rings (SSSR count). The van der Waals surface area contributed by atoms with Crippen LogP contribution in [-0.4, -0.2) is 20.6 Å². The highest BCUT2D eigenvalue weighted by Crippen LogP contribution is 2.49. The molecule has 2 aliphatic rings. The van der Waals surface area contributed by atoms with Gasteiger partial charge in [-0.3, -0.25) is 0 Å². The number of halogens is 3. The third-order valence-corrected chi connectivity index (χ3v) is 5.66. The van der Waals surface area contributed by atoms with E-state index in [0.29, 0.717) is 23.3 Å². The second-order valence-corrected chi connectivity index (χ2v) is 7.26. The minimum Gasteiger partial charge on any atom is -0.383 e. The number of hydrogen-bond donors (Lipinski definition) is 1. The number of alkyl halides is 3. The highest BCUT2D eigenvalue weighted by Gasteiger charge is 2.44. The molecule has 1 aromatic rings. The topological polar surface area (TPSA) is 33.1 Å². The van der Waals surface area contributed by atoms with Crippen LogP contribution in [0.15, 0.2) is 18.2 Å². The maximum atomic E-state index is 12.7. The molecule has 0 amide bonds. The number of rotatable bonds is 1. The van der Waals surface area contributed by atoms with Crippen LogP contribution in [0.1, 0.15) is 43.5 Å². The Morgan fingerprint density at radius 2 is 1.85 bits per heavy atom. The van der Waals surface area contributed by atoms with Gasteiger partial charge in [0, 0.05) is 10.5 Å². The van der Waals surface area contributed by atoms with Crippen LogP contribution in [0.5, 0.6) is 0 Å². The summed E-state index contributed by atoms with van der Waals surface area (Å²) in [5.41, 5.74) is -1.96. The van der Waals surface area contributed by atoms with Crippen LogP contribution in [-0.2, 0) is 11.8 Å². The van der Waals surface area contributed by atoms with Gasteiger partial charge in [-0.2, -0.15) is 24.9 Å². The zero-order valence-corrected chi connectivity index (χ0v) is 11.7. The van der Waals surface area contributed by atoms with Crippen LogP contribution in [0.4, 0.5) is 13.2 Å². The first-order valence-corrected chi connectivity index (χ1v) is 7.74. The van der Waals surface area contributed by atoms with E-state index in [1.54, 1.807) is 0 Å². The van der Waals surface area contributed by atoms with E-state index in [2.05, 4.69) is 4.98 Å². The van der Waals surface area contributed by atoms with Crippen molar-refractivity contribution >= 4 is 11.8 Å². The number of hydrogen-bond acceptors (Lipinski definition) is 3. The predicted molar refractivity (Wildman–Crippen MR) is 71.4 cm³/mol. The molecule has 0 aromatic carbocycles. The third-order valence-electron chi connectivity index (χ3n) is 4.08. The third kappa shape index (κ3) is 2.68. The normalized spacial score (nSPS) is 34.0. The maximum absolute atomic E-state index is 12.7. The number of thioether (sulfide) groups is 1. The van der Waals surface area contributed by atoms with E-state index < -0.39 is 17.5 Å². The van der Waals surface area contributed by atoms with E-state index in [1.165, 1.54) is 12.1 Å². The Morgan fingerprint density at radius 3 is 2.45 bits per heavy atom. The number of aliphatic hydroxyl groups is 1. The van der Waals surface area contributed by atoms with Crippen molar-refractivity contribution in [1.29, 1.82) is 0 Å². The second-order valence-electron chi connectivity index (χ2n) is 5.66. The first kappa shape index (κ1) is 14.2. The van der Waals surface area contributed by atoms with Gasteiger partial charge in [0.25, 0.3) is 0 Å². The van der Waals surface area contributed by atoms with Crippen molar-refractivity contribution in [2.24, 2.45) is 0 Å². The van der Waals surface area contributed by atoms with Crippen molar-refractivity contribution in [3.05, 3.63) is 29.6 Å². The molecule has 20 heavy (non-hydrogen) atoms. The fourth-order valence-corrected chi connectivity index (χ4v) is 5.07. The zero-order valence-electron chi connectivity index (χ0n) is 10.9. The van der Waals surface area contributed by atoms with Crippen LogP contribution < -0.4 is 0 Å². The van der Waals surface area contributed by atoms with Gasteiger partial charge < -0.3 is 5.11 Å². The summed E-state index contributed by atoms with van der Waals surface area (Å²) in [6.45, 7) is 0. The van der Waals surface area contributed by atoms with Crippen molar-refractivity contribution in [1.82, 2.24) is 4.98 Å². The number of nitrogens with zero attached hydrogens (tertiary/aromatic N) is 1. The van der Waals surface area contributed by atoms with Crippen LogP contribution in [0, 0.1) is 0 Å². The molecular formula is C14H16F3NOS. The smallest absolute Gasteiger partial charge is 0.383 e. The largest absolute Gasteiger partial charge is 0.433 e. The van der Waals surface area contributed by atoms with Crippen molar-refractivity contribution in [2.75, 3.05) is 0 Å². The molecule has 2 unspecified atom stereocenters. The molecule has 110 valence electrons. The highest BCUT2D eigenvalue weighted by molar-refractivity contribution is 8.00. The minimum absolute atomic E-state index is 0.171. The Balaban J connectivity index is 1.91. The van der Waals surface area contributed by atoms with Gasteiger partial charge >= 0.3 is 6.18 Å². The summed E-state index contributed by atoms with van der Waals surface area (Å²) < 4.78 is 38.2. The second kappa shape index (κ2) is 4.91. The molecule has 0 radical (unpaired) electrons. The van der Waals surface area contributed by atoms with Gasteiger partial charge in [0.15, 0.2) is 0 Å². The predicted octanol–water partition coefficient (Wildman–Crippen LogP) is 3.74. The number of pyridine rings is 1. The fourth-order valence-electron chi connectivity index (χ4n) is 3.18. The summed E-state index contributed by atoms with van der Waals surface area (Å²) in [4.78, 5) is 3.68. The average molecular weight is 303 g/mol. The molecule has 2 atom stereocenters. The lowest BCUT2D eigenvalue weighted by Gasteiger charge is -2.43. The summed E-state index contributed by atoms with van der Waals surface area (Å²) >= 11 is 1.87. The average Bonchev–Trinajstić information content (AvgIpc) is 2.37. The lowest BCUT2D eigenvalue weighted by Crippen LogP contribution is -2.41. The molecule has 1 N–H and O–H groups in total. The van der Waals surface area contributed by atoms with Crippen molar-refractivity contribution in [3.63, 3.8) is 0 Å². The highest BCUT2D eigenvalue weighted by atomic mass is 32.2. The summed E-state index contributed by atoms with van der Waals surface area (Å²) in [5, 5.41) is 11.5. The van der Waals surface area contributed by atoms with Gasteiger partial charge in [0.1, 0.15) is 11.3 Å². The molecule has 6 heteroatoms. The van der Waals surface area contributed by atoms with Crippen LogP contribution in [0.2, 0.25) is 0 Å². The van der Waals surface area contributed by atoms with Gasteiger partial charge in [-0.15, -0.1) is 0 Å². The summed E-state index contributed by atoms with van der Waals surface area (Å²) in [6, 6.07) is 3.80. The SMILES string of the molecule is OC1(c2cccc(C(F)(F)F)n2)CC2CCCC(C1)S2. The summed E-state index contributed by atoms with van der Waals surface area (Å²) in [6.07, 6.45) is -0.254. The minimum atomic E-state index is -4.47. The molecule has 2 fully saturated rings. The molecule has 2 bridgehead atoms. The van der Waals surface area contributed by atoms with Gasteiger partial charge in [0.05, 0.1) is 5.69 Å². The van der Waals surface area contributed by atoms with E-state index in [9.17, 15) is 18.3 Å². The van der Waals surface area contributed by atoms with Gasteiger partial charge in [0.2, 0.25) is 0 Å². The van der Waals surface area contributed by atoms with Gasteiger partial charge in [-0.05, 0) is 37.8 Å². The Labute approximate surface area is 119 Å². The molecule has 0 aliphatic carbocycles. The standard InChI is InChI=1S/C14H16F3NOS/c15-14(16,17)12-6-2-5-11(18-12)13(19)7-9-3-1-4-10(8-13)20-9/h2,5-6,9-10,19H,1,3-4,7-8H2. The molecule has 0 spiro atoms. The lowest BCUT2D eigenvalue weighted by molar-refractivity contribution is -0.141. The van der Waals surface area contributed by atoms with E-state index in [1.807, 2.05) is 11.8 Å². The van der Waals surface area contributed by atoms with Crippen molar-refractivity contribution in [3.8, 4) is 0 Å². The maximum Gasteiger partial charge on any atom is 0.433 e. The quantitative estimate of drug-likeness (QED) is 0.858. The molecule has 3 heterocycles. The Hall–Kier alpha value is -0.750. The Morgan fingerprint density at radius 1 is 1.20 bits per heavy atom. The van der Waals surface area contributed by atoms with Crippen LogP contribution >= 0.6 is 11.8 Å². The van der Waals surface area contributed by atoms with Crippen molar-refractivity contribution in [2.45, 2.75) is 54.4 Å². The van der Waals surface area contributed by atoms with E-state index >= 15 is 0 Å². The molecular weight excluding hydrogens is 287 g/mol. The number of aromatic nitrogens is 1. The Bertz CT molecular complexity index is 493. The van der Waals surface area contributed by atoms with Gasteiger partial charge in [-0.25, -0.2) is 4.98 Å². The Kier molecular flexibility index (Phi) is 3.49. The fraction of sp³-hybridized carbons (Fsp3) is 0.643. The van der Waals surface area contributed by atoms with E-state index in [-0.39, 0.29) is 5.69 Å². The molecule has 2 aliphatic heterocycles. The summed E-state index contributed by atoms with van der Waals surface area (Å²) in [5.74, 6) is 0. The molecule has 1 aromatic heterocycles. The van der Waals surface area contributed by atoms with E-state index in [4.69, 9.17) is 0 Å². The molecule has 2 nitrogen and oxygen atoms in total. The first-order chi connectivity index (χ1) is 9.37. The van der Waals surface area contributed by atoms with Gasteiger partial charge in [-0.1, -0.05) is 12.5 Å². The first-order valence-electron chi connectivity index (χ1n) is 6.79. The van der Waals surface area contributed by atoms with Crippen LogP contribution in [0.25, 0.3) is 0 Å². The van der Waals surface area contributed by atoms with Crippen molar-refractivity contribution < 1.29 is 18.3 Å². The van der Waals surface area contributed by atoms with E-state index in [0.717, 1.165) is 25.3 Å². The zero-order chi connectivity index (χ0) is 14.4. The molecule has 2 saturated heterocycles. The lowest BCUT2D eigenvalue weighted by atomic mass is 9.83.